The van der Waals surface area contributed by atoms with Gasteiger partial charge in [-0.2, -0.15) is 0 Å². The summed E-state index contributed by atoms with van der Waals surface area (Å²) in [7, 11) is 0. The van der Waals surface area contributed by atoms with Crippen molar-refractivity contribution in [1.29, 1.82) is 0 Å². The number of nitrogens with one attached hydrogen (secondary N) is 1. The lowest BCUT2D eigenvalue weighted by Gasteiger charge is -2.39. The number of aryl methyl sites for hydroxylation is 1. The van der Waals surface area contributed by atoms with Gasteiger partial charge >= 0.3 is 0 Å². The summed E-state index contributed by atoms with van der Waals surface area (Å²) >= 11 is 0. The molecular weight excluding hydrogens is 256 g/mol. The molecule has 0 radical (unpaired) electrons. The van der Waals surface area contributed by atoms with Gasteiger partial charge in [-0.15, -0.1) is 0 Å². The van der Waals surface area contributed by atoms with Crippen LogP contribution >= 0.6 is 0 Å². The topological polar surface area (TPSA) is 15.3 Å². The van der Waals surface area contributed by atoms with Gasteiger partial charge in [0.05, 0.1) is 0 Å². The van der Waals surface area contributed by atoms with Crippen LogP contribution in [-0.2, 0) is 13.0 Å². The van der Waals surface area contributed by atoms with E-state index in [0.29, 0.717) is 0 Å². The highest BCUT2D eigenvalue weighted by Crippen LogP contribution is 2.28. The molecule has 2 fully saturated rings. The zero-order valence-corrected chi connectivity index (χ0v) is 13.5. The van der Waals surface area contributed by atoms with Gasteiger partial charge in [0.1, 0.15) is 0 Å². The molecule has 21 heavy (non-hydrogen) atoms. The van der Waals surface area contributed by atoms with Crippen molar-refractivity contribution in [1.82, 2.24) is 10.2 Å². The molecular formula is C19H30N2. The van der Waals surface area contributed by atoms with E-state index in [0.717, 1.165) is 31.5 Å². The summed E-state index contributed by atoms with van der Waals surface area (Å²) in [4.78, 5) is 2.65. The molecule has 3 rings (SSSR count). The predicted molar refractivity (Wildman–Crippen MR) is 89.5 cm³/mol. The van der Waals surface area contributed by atoms with Crippen LogP contribution in [0.2, 0.25) is 0 Å². The first kappa shape index (κ1) is 15.1. The Hall–Kier alpha value is -0.860. The van der Waals surface area contributed by atoms with Gasteiger partial charge < -0.3 is 5.32 Å². The zero-order valence-electron chi connectivity index (χ0n) is 13.5. The Bertz CT molecular complexity index is 420. The molecule has 0 aromatic heterocycles. The van der Waals surface area contributed by atoms with Crippen molar-refractivity contribution in [2.24, 2.45) is 5.92 Å². The molecule has 1 aromatic rings. The minimum atomic E-state index is 0.731. The highest BCUT2D eigenvalue weighted by Gasteiger charge is 2.27. The summed E-state index contributed by atoms with van der Waals surface area (Å²) in [6.45, 7) is 6.93. The van der Waals surface area contributed by atoms with Crippen molar-refractivity contribution in [3.05, 3.63) is 35.4 Å². The van der Waals surface area contributed by atoms with Gasteiger partial charge in [0.15, 0.2) is 0 Å². The lowest BCUT2D eigenvalue weighted by molar-refractivity contribution is 0.141. The Morgan fingerprint density at radius 3 is 2.48 bits per heavy atom. The molecule has 1 saturated heterocycles. The van der Waals surface area contributed by atoms with Crippen molar-refractivity contribution in [3.63, 3.8) is 0 Å². The molecule has 2 nitrogen and oxygen atoms in total. The van der Waals surface area contributed by atoms with Crippen molar-refractivity contribution < 1.29 is 0 Å². The molecule has 1 saturated carbocycles. The maximum absolute atomic E-state index is 3.78. The molecule has 116 valence electrons. The molecule has 0 spiro atoms. The Morgan fingerprint density at radius 1 is 1.05 bits per heavy atom. The summed E-state index contributed by atoms with van der Waals surface area (Å²) < 4.78 is 0. The number of nitrogens with zero attached hydrogens (tertiary/aromatic N) is 1. The minimum Gasteiger partial charge on any atom is -0.311 e. The zero-order chi connectivity index (χ0) is 14.5. The Kier molecular flexibility index (Phi) is 5.32. The van der Waals surface area contributed by atoms with Crippen LogP contribution in [0.4, 0.5) is 0 Å². The van der Waals surface area contributed by atoms with E-state index in [1.165, 1.54) is 56.3 Å². The van der Waals surface area contributed by atoms with Crippen LogP contribution in [0.1, 0.15) is 50.2 Å². The SMILES string of the molecule is CCc1ccc(CN2CCNC(C3CCCCC3)C2)cc1. The third-order valence-corrected chi connectivity index (χ3v) is 5.35. The molecule has 1 N–H and O–H groups in total. The van der Waals surface area contributed by atoms with E-state index < -0.39 is 0 Å². The maximum atomic E-state index is 3.78. The van der Waals surface area contributed by atoms with E-state index in [2.05, 4.69) is 41.4 Å². The summed E-state index contributed by atoms with van der Waals surface area (Å²) in [5.41, 5.74) is 2.91. The van der Waals surface area contributed by atoms with Crippen LogP contribution in [0.3, 0.4) is 0 Å². The van der Waals surface area contributed by atoms with Crippen LogP contribution in [-0.4, -0.2) is 30.6 Å². The molecule has 1 aliphatic carbocycles. The molecule has 2 aliphatic rings. The molecule has 1 unspecified atom stereocenters. The number of piperazine rings is 1. The summed E-state index contributed by atoms with van der Waals surface area (Å²) in [5, 5.41) is 3.78. The van der Waals surface area contributed by atoms with Crippen molar-refractivity contribution >= 4 is 0 Å². The van der Waals surface area contributed by atoms with Crippen LogP contribution in [0.25, 0.3) is 0 Å². The highest BCUT2D eigenvalue weighted by molar-refractivity contribution is 5.22. The van der Waals surface area contributed by atoms with Crippen molar-refractivity contribution in [2.75, 3.05) is 19.6 Å². The lowest BCUT2D eigenvalue weighted by Crippen LogP contribution is -2.53. The molecule has 1 heterocycles. The van der Waals surface area contributed by atoms with E-state index >= 15 is 0 Å². The standard InChI is InChI=1S/C19H30N2/c1-2-16-8-10-17(11-9-16)14-21-13-12-20-19(15-21)18-6-4-3-5-7-18/h8-11,18-20H,2-7,12-15H2,1H3. The summed E-state index contributed by atoms with van der Waals surface area (Å²) in [5.74, 6) is 0.920. The van der Waals surface area contributed by atoms with E-state index in [1.807, 2.05) is 0 Å². The quantitative estimate of drug-likeness (QED) is 0.909. The Labute approximate surface area is 129 Å². The largest absolute Gasteiger partial charge is 0.311 e. The average Bonchev–Trinajstić information content (AvgIpc) is 2.57. The second-order valence-electron chi connectivity index (χ2n) is 6.86. The van der Waals surface area contributed by atoms with Gasteiger partial charge in [0, 0.05) is 32.2 Å². The third kappa shape index (κ3) is 4.08. The number of rotatable bonds is 4. The van der Waals surface area contributed by atoms with Crippen LogP contribution < -0.4 is 5.32 Å². The molecule has 2 heteroatoms. The molecule has 0 bridgehead atoms. The van der Waals surface area contributed by atoms with Gasteiger partial charge in [0.2, 0.25) is 0 Å². The fraction of sp³-hybridized carbons (Fsp3) is 0.684. The maximum Gasteiger partial charge on any atom is 0.0234 e. The Morgan fingerprint density at radius 2 is 1.76 bits per heavy atom. The summed E-state index contributed by atoms with van der Waals surface area (Å²) in [6, 6.07) is 9.94. The van der Waals surface area contributed by atoms with Crippen molar-refractivity contribution in [2.45, 2.75) is 58.0 Å². The first-order chi connectivity index (χ1) is 10.3. The summed E-state index contributed by atoms with van der Waals surface area (Å²) in [6.07, 6.45) is 8.37. The molecule has 1 aliphatic heterocycles. The van der Waals surface area contributed by atoms with E-state index in [-0.39, 0.29) is 0 Å². The fourth-order valence-corrected chi connectivity index (χ4v) is 3.98. The molecule has 0 amide bonds. The minimum absolute atomic E-state index is 0.731. The van der Waals surface area contributed by atoms with Gasteiger partial charge in [-0.1, -0.05) is 50.5 Å². The second-order valence-corrected chi connectivity index (χ2v) is 6.86. The molecule has 1 aromatic carbocycles. The number of hydrogen-bond donors (Lipinski definition) is 1. The van der Waals surface area contributed by atoms with Crippen LogP contribution in [0.5, 0.6) is 0 Å². The van der Waals surface area contributed by atoms with Crippen molar-refractivity contribution in [3.8, 4) is 0 Å². The molecule has 1 atom stereocenters. The van der Waals surface area contributed by atoms with Gasteiger partial charge in [0.25, 0.3) is 0 Å². The number of benzene rings is 1. The fourth-order valence-electron chi connectivity index (χ4n) is 3.98. The monoisotopic (exact) mass is 286 g/mol. The van der Waals surface area contributed by atoms with Gasteiger partial charge in [-0.25, -0.2) is 0 Å². The van der Waals surface area contributed by atoms with Gasteiger partial charge in [-0.05, 0) is 36.3 Å². The van der Waals surface area contributed by atoms with E-state index in [1.54, 1.807) is 0 Å². The van der Waals surface area contributed by atoms with Crippen LogP contribution in [0, 0.1) is 5.92 Å². The second kappa shape index (κ2) is 7.42. The smallest absolute Gasteiger partial charge is 0.0234 e. The first-order valence-electron chi connectivity index (χ1n) is 8.88. The van der Waals surface area contributed by atoms with Crippen LogP contribution in [0.15, 0.2) is 24.3 Å². The van der Waals surface area contributed by atoms with E-state index in [4.69, 9.17) is 0 Å². The highest BCUT2D eigenvalue weighted by atomic mass is 15.2. The third-order valence-electron chi connectivity index (χ3n) is 5.35. The first-order valence-corrected chi connectivity index (χ1v) is 8.88. The lowest BCUT2D eigenvalue weighted by atomic mass is 9.83. The number of hydrogen-bond acceptors (Lipinski definition) is 2. The predicted octanol–water partition coefficient (Wildman–Crippen LogP) is 3.60. The Balaban J connectivity index is 1.55. The van der Waals surface area contributed by atoms with Gasteiger partial charge in [-0.3, -0.25) is 4.90 Å². The van der Waals surface area contributed by atoms with E-state index in [9.17, 15) is 0 Å². The normalized spacial score (nSPS) is 25.1. The average molecular weight is 286 g/mol.